The fourth-order valence-corrected chi connectivity index (χ4v) is 4.54. The number of carbonyl (C=O) groups is 1. The second kappa shape index (κ2) is 10.5. The summed E-state index contributed by atoms with van der Waals surface area (Å²) in [6.45, 7) is 8.46. The summed E-state index contributed by atoms with van der Waals surface area (Å²) >= 11 is 0. The van der Waals surface area contributed by atoms with Crippen LogP contribution in [0.25, 0.3) is 0 Å². The highest BCUT2D eigenvalue weighted by Gasteiger charge is 2.36. The van der Waals surface area contributed by atoms with Gasteiger partial charge in [-0.2, -0.15) is 13.2 Å². The molecular weight excluding hydrogens is 379 g/mol. The molecule has 1 aliphatic carbocycles. The van der Waals surface area contributed by atoms with Gasteiger partial charge in [-0.1, -0.05) is 32.9 Å². The minimum absolute atomic E-state index is 0.0640. The van der Waals surface area contributed by atoms with E-state index in [9.17, 15) is 23.1 Å². The number of carboxylic acids is 1. The summed E-state index contributed by atoms with van der Waals surface area (Å²) in [5, 5.41) is 9.22. The quantitative estimate of drug-likeness (QED) is 0.525. The second-order valence-corrected chi connectivity index (χ2v) is 8.79. The Balaban J connectivity index is 2.28. The summed E-state index contributed by atoms with van der Waals surface area (Å²) in [4.78, 5) is 13.7. The number of halogens is 3. The summed E-state index contributed by atoms with van der Waals surface area (Å²) in [5.74, 6) is -0.0780. The van der Waals surface area contributed by atoms with Gasteiger partial charge in [0.05, 0.1) is 5.56 Å². The van der Waals surface area contributed by atoms with Crippen LogP contribution in [0.4, 0.5) is 13.2 Å². The molecule has 0 saturated heterocycles. The monoisotopic (exact) mass is 413 g/mol. The number of hydrogen-bond acceptors (Lipinski definition) is 2. The standard InChI is InChI=1S/C23H34F3NO2/c1-4-12-27(13-11-16(2)3)21-10-5-17(15-22(28)29)14-20(21)18-6-8-19(9-7-18)23(24,25)26/h6-9,16-17,20-21H,4-5,10-15H2,1-3H3,(H,28,29)/t17-,20+,21-/m1/s1. The van der Waals surface area contributed by atoms with Gasteiger partial charge in [-0.05, 0) is 80.6 Å². The molecule has 0 amide bonds. The molecule has 29 heavy (non-hydrogen) atoms. The number of nitrogens with zero attached hydrogens (tertiary/aromatic N) is 1. The Morgan fingerprint density at radius 2 is 1.83 bits per heavy atom. The van der Waals surface area contributed by atoms with Crippen molar-refractivity contribution >= 4 is 5.97 Å². The van der Waals surface area contributed by atoms with E-state index in [0.717, 1.165) is 56.5 Å². The lowest BCUT2D eigenvalue weighted by Gasteiger charge is -2.43. The Bertz CT molecular complexity index is 643. The van der Waals surface area contributed by atoms with E-state index in [4.69, 9.17) is 0 Å². The lowest BCUT2D eigenvalue weighted by Crippen LogP contribution is -2.44. The van der Waals surface area contributed by atoms with Crippen LogP contribution in [0.5, 0.6) is 0 Å². The molecule has 0 heterocycles. The van der Waals surface area contributed by atoms with Crippen LogP contribution in [-0.4, -0.2) is 35.1 Å². The van der Waals surface area contributed by atoms with E-state index in [1.807, 2.05) is 0 Å². The maximum atomic E-state index is 13.0. The lowest BCUT2D eigenvalue weighted by molar-refractivity contribution is -0.139. The van der Waals surface area contributed by atoms with E-state index in [0.29, 0.717) is 12.3 Å². The molecular formula is C23H34F3NO2. The SMILES string of the molecule is CCCN(CCC(C)C)[C@@H]1CC[C@@H](CC(=O)O)C[C@H]1c1ccc(C(F)(F)F)cc1. The molecule has 1 saturated carbocycles. The van der Waals surface area contributed by atoms with Crippen molar-refractivity contribution in [2.75, 3.05) is 13.1 Å². The van der Waals surface area contributed by atoms with Crippen molar-refractivity contribution in [2.24, 2.45) is 11.8 Å². The molecule has 0 radical (unpaired) electrons. The van der Waals surface area contributed by atoms with Gasteiger partial charge in [0.2, 0.25) is 0 Å². The van der Waals surface area contributed by atoms with Crippen molar-refractivity contribution in [3.63, 3.8) is 0 Å². The number of aliphatic carboxylic acids is 1. The van der Waals surface area contributed by atoms with Gasteiger partial charge in [0.25, 0.3) is 0 Å². The van der Waals surface area contributed by atoms with Crippen LogP contribution in [0.15, 0.2) is 24.3 Å². The van der Waals surface area contributed by atoms with E-state index in [1.54, 1.807) is 12.1 Å². The number of hydrogen-bond donors (Lipinski definition) is 1. The van der Waals surface area contributed by atoms with Crippen molar-refractivity contribution in [2.45, 2.75) is 77.4 Å². The first kappa shape index (κ1) is 23.7. The molecule has 6 heteroatoms. The molecule has 1 N–H and O–H groups in total. The van der Waals surface area contributed by atoms with Gasteiger partial charge >= 0.3 is 12.1 Å². The summed E-state index contributed by atoms with van der Waals surface area (Å²) in [6, 6.07) is 5.75. The van der Waals surface area contributed by atoms with Crippen LogP contribution >= 0.6 is 0 Å². The van der Waals surface area contributed by atoms with Crippen molar-refractivity contribution < 1.29 is 23.1 Å². The molecule has 0 unspecified atom stereocenters. The zero-order valence-corrected chi connectivity index (χ0v) is 17.7. The van der Waals surface area contributed by atoms with Crippen LogP contribution in [0.2, 0.25) is 0 Å². The Morgan fingerprint density at radius 1 is 1.17 bits per heavy atom. The van der Waals surface area contributed by atoms with E-state index in [-0.39, 0.29) is 24.3 Å². The maximum absolute atomic E-state index is 13.0. The number of carboxylic acid groups (broad SMARTS) is 1. The van der Waals surface area contributed by atoms with Crippen molar-refractivity contribution in [1.29, 1.82) is 0 Å². The van der Waals surface area contributed by atoms with Crippen LogP contribution in [0.1, 0.15) is 76.3 Å². The summed E-state index contributed by atoms with van der Waals surface area (Å²) < 4.78 is 38.9. The van der Waals surface area contributed by atoms with Gasteiger partial charge in [0.15, 0.2) is 0 Å². The molecule has 0 aromatic heterocycles. The van der Waals surface area contributed by atoms with Crippen LogP contribution in [0.3, 0.4) is 0 Å². The fraction of sp³-hybridized carbons (Fsp3) is 0.696. The Morgan fingerprint density at radius 3 is 2.34 bits per heavy atom. The van der Waals surface area contributed by atoms with Gasteiger partial charge in [-0.15, -0.1) is 0 Å². The number of benzene rings is 1. The highest BCUT2D eigenvalue weighted by atomic mass is 19.4. The first-order chi connectivity index (χ1) is 13.6. The average molecular weight is 414 g/mol. The minimum atomic E-state index is -4.35. The molecule has 3 atom stereocenters. The number of rotatable bonds is 9. The molecule has 0 aliphatic heterocycles. The highest BCUT2D eigenvalue weighted by molar-refractivity contribution is 5.67. The third-order valence-electron chi connectivity index (χ3n) is 6.03. The zero-order valence-electron chi connectivity index (χ0n) is 17.7. The minimum Gasteiger partial charge on any atom is -0.481 e. The maximum Gasteiger partial charge on any atom is 0.416 e. The summed E-state index contributed by atoms with van der Waals surface area (Å²) in [7, 11) is 0. The third kappa shape index (κ3) is 7.02. The Kier molecular flexibility index (Phi) is 8.56. The fourth-order valence-electron chi connectivity index (χ4n) is 4.54. The lowest BCUT2D eigenvalue weighted by atomic mass is 9.73. The second-order valence-electron chi connectivity index (χ2n) is 8.79. The van der Waals surface area contributed by atoms with Crippen LogP contribution in [0, 0.1) is 11.8 Å². The average Bonchev–Trinajstić information content (AvgIpc) is 2.64. The van der Waals surface area contributed by atoms with E-state index in [1.165, 1.54) is 0 Å². The van der Waals surface area contributed by atoms with E-state index in [2.05, 4.69) is 25.7 Å². The Hall–Kier alpha value is -1.56. The first-order valence-corrected chi connectivity index (χ1v) is 10.7. The molecule has 1 aromatic carbocycles. The van der Waals surface area contributed by atoms with Crippen molar-refractivity contribution in [3.05, 3.63) is 35.4 Å². The molecule has 1 aliphatic rings. The van der Waals surface area contributed by atoms with E-state index < -0.39 is 17.7 Å². The highest BCUT2D eigenvalue weighted by Crippen LogP contribution is 2.41. The zero-order chi connectivity index (χ0) is 21.6. The summed E-state index contributed by atoms with van der Waals surface area (Å²) in [5.41, 5.74) is 0.254. The Labute approximate surface area is 172 Å². The number of alkyl halides is 3. The van der Waals surface area contributed by atoms with Crippen molar-refractivity contribution in [1.82, 2.24) is 4.90 Å². The predicted molar refractivity (Wildman–Crippen MR) is 109 cm³/mol. The van der Waals surface area contributed by atoms with E-state index >= 15 is 0 Å². The van der Waals surface area contributed by atoms with Gasteiger partial charge in [0.1, 0.15) is 0 Å². The molecule has 0 spiro atoms. The largest absolute Gasteiger partial charge is 0.481 e. The van der Waals surface area contributed by atoms with Gasteiger partial charge in [-0.25, -0.2) is 0 Å². The van der Waals surface area contributed by atoms with Gasteiger partial charge < -0.3 is 5.11 Å². The first-order valence-electron chi connectivity index (χ1n) is 10.7. The van der Waals surface area contributed by atoms with Gasteiger partial charge in [-0.3, -0.25) is 9.69 Å². The van der Waals surface area contributed by atoms with Gasteiger partial charge in [0, 0.05) is 12.5 Å². The molecule has 164 valence electrons. The third-order valence-corrected chi connectivity index (χ3v) is 6.03. The predicted octanol–water partition coefficient (Wildman–Crippen LogP) is 6.19. The topological polar surface area (TPSA) is 40.5 Å². The molecule has 1 aromatic rings. The van der Waals surface area contributed by atoms with Crippen molar-refractivity contribution in [3.8, 4) is 0 Å². The van der Waals surface area contributed by atoms with Crippen LogP contribution in [-0.2, 0) is 11.0 Å². The molecule has 2 rings (SSSR count). The molecule has 0 bridgehead atoms. The van der Waals surface area contributed by atoms with Crippen LogP contribution < -0.4 is 0 Å². The summed E-state index contributed by atoms with van der Waals surface area (Å²) in [6.07, 6.45) is 0.342. The normalized spacial score (nSPS) is 23.0. The molecule has 3 nitrogen and oxygen atoms in total. The molecule has 1 fully saturated rings. The smallest absolute Gasteiger partial charge is 0.416 e.